The molecule has 0 aliphatic carbocycles. The van der Waals surface area contributed by atoms with E-state index in [-0.39, 0.29) is 40.4 Å². The lowest BCUT2D eigenvalue weighted by molar-refractivity contribution is -0.186. The van der Waals surface area contributed by atoms with Crippen molar-refractivity contribution in [2.75, 3.05) is 35.6 Å². The largest absolute Gasteiger partial charge is 0.471 e. The molecule has 6 rings (SSSR count). The summed E-state index contributed by atoms with van der Waals surface area (Å²) in [4.78, 5) is 27.5. The zero-order valence-corrected chi connectivity index (χ0v) is 28.3. The van der Waals surface area contributed by atoms with Gasteiger partial charge < -0.3 is 10.2 Å². The number of likely N-dealkylation sites (tertiary alicyclic amines) is 1. The van der Waals surface area contributed by atoms with Crippen LogP contribution in [-0.4, -0.2) is 79.9 Å². The first-order valence-corrected chi connectivity index (χ1v) is 18.6. The first kappa shape index (κ1) is 36.6. The van der Waals surface area contributed by atoms with Crippen molar-refractivity contribution in [2.24, 2.45) is 0 Å². The van der Waals surface area contributed by atoms with Crippen molar-refractivity contribution in [3.05, 3.63) is 96.8 Å². The van der Waals surface area contributed by atoms with Crippen LogP contribution in [0.4, 0.5) is 24.8 Å². The van der Waals surface area contributed by atoms with Crippen molar-refractivity contribution < 1.29 is 34.8 Å². The minimum Gasteiger partial charge on any atom is -0.335 e. The minimum atomic E-state index is -4.86. The summed E-state index contributed by atoms with van der Waals surface area (Å²) >= 11 is 0. The van der Waals surface area contributed by atoms with Gasteiger partial charge in [0, 0.05) is 25.5 Å². The predicted octanol–water partition coefficient (Wildman–Crippen LogP) is 4.29. The Morgan fingerprint density at radius 2 is 1.10 bits per heavy atom. The summed E-state index contributed by atoms with van der Waals surface area (Å²) in [6.07, 6.45) is 3.50. The summed E-state index contributed by atoms with van der Waals surface area (Å²) in [5.74, 6) is -0.946. The molecule has 0 bridgehead atoms. The molecule has 0 spiro atoms. The van der Waals surface area contributed by atoms with E-state index in [1.165, 1.54) is 54.9 Å². The van der Waals surface area contributed by atoms with Crippen molar-refractivity contribution in [3.8, 4) is 0 Å². The van der Waals surface area contributed by atoms with Crippen LogP contribution in [0.2, 0.25) is 0 Å². The molecular formula is C32H35F3N8O5S2. The lowest BCUT2D eigenvalue weighted by Crippen LogP contribution is -2.45. The van der Waals surface area contributed by atoms with Crippen molar-refractivity contribution >= 4 is 37.6 Å². The standard InChI is InChI=1S/C17H17F3N4O3S.C15H18N4O2S/c18-17(19,20)16(25)24-9-6-13(7-10-24)12-1-3-14(4-2-12)28(26,27)23-15-5-8-21-11-22-15;20-22(21,19-15-7-10-17-11-18-15)14-3-1-12(2-4-14)13-5-8-16-9-6-13/h1-5,8,11,13H,6-7,9-10H2,(H,21,22,23);1-4,7,10-11,13,16H,5-6,8-9H2,(H,17,18,19). The van der Waals surface area contributed by atoms with Crippen LogP contribution >= 0.6 is 0 Å². The van der Waals surface area contributed by atoms with Crippen LogP contribution < -0.4 is 14.8 Å². The van der Waals surface area contributed by atoms with Gasteiger partial charge in [-0.05, 0) is 98.1 Å². The van der Waals surface area contributed by atoms with Gasteiger partial charge in [-0.15, -0.1) is 0 Å². The molecule has 1 amide bonds. The number of nitrogens with one attached hydrogen (secondary N) is 3. The summed E-state index contributed by atoms with van der Waals surface area (Å²) in [5.41, 5.74) is 2.02. The highest BCUT2D eigenvalue weighted by Gasteiger charge is 2.43. The second-order valence-electron chi connectivity index (χ2n) is 11.6. The Labute approximate surface area is 287 Å². The summed E-state index contributed by atoms with van der Waals surface area (Å²) in [6.45, 7) is 2.05. The molecular weight excluding hydrogens is 698 g/mol. The molecule has 4 aromatic rings. The highest BCUT2D eigenvalue weighted by Crippen LogP contribution is 2.31. The number of piperidine rings is 2. The Balaban J connectivity index is 0.000000200. The number of sulfonamides is 2. The smallest absolute Gasteiger partial charge is 0.335 e. The molecule has 2 aromatic heterocycles. The van der Waals surface area contributed by atoms with E-state index in [4.69, 9.17) is 0 Å². The van der Waals surface area contributed by atoms with E-state index >= 15 is 0 Å². The molecule has 2 fully saturated rings. The average molecular weight is 733 g/mol. The van der Waals surface area contributed by atoms with E-state index in [0.717, 1.165) is 36.4 Å². The third kappa shape index (κ3) is 9.72. The third-order valence-corrected chi connectivity index (χ3v) is 11.1. The molecule has 13 nitrogen and oxygen atoms in total. The lowest BCUT2D eigenvalue weighted by atomic mass is 9.89. The molecule has 18 heteroatoms. The zero-order valence-electron chi connectivity index (χ0n) is 26.6. The summed E-state index contributed by atoms with van der Waals surface area (Å²) in [7, 11) is -7.43. The second-order valence-corrected chi connectivity index (χ2v) is 15.0. The van der Waals surface area contributed by atoms with E-state index in [1.807, 2.05) is 12.1 Å². The number of nitrogens with zero attached hydrogens (tertiary/aromatic N) is 5. The van der Waals surface area contributed by atoms with Gasteiger partial charge in [0.25, 0.3) is 20.0 Å². The lowest BCUT2D eigenvalue weighted by Gasteiger charge is -2.32. The number of halogens is 3. The number of rotatable bonds is 8. The highest BCUT2D eigenvalue weighted by atomic mass is 32.2. The molecule has 2 aliphatic heterocycles. The summed E-state index contributed by atoms with van der Waals surface area (Å²) < 4.78 is 91.7. The van der Waals surface area contributed by atoms with Crippen LogP contribution in [0.1, 0.15) is 48.6 Å². The summed E-state index contributed by atoms with van der Waals surface area (Å²) in [6, 6.07) is 16.2. The first-order chi connectivity index (χ1) is 23.8. The number of carbonyl (C=O) groups excluding carboxylic acids is 1. The highest BCUT2D eigenvalue weighted by molar-refractivity contribution is 7.93. The monoisotopic (exact) mass is 732 g/mol. The molecule has 0 radical (unpaired) electrons. The zero-order chi connectivity index (χ0) is 35.8. The number of alkyl halides is 3. The van der Waals surface area contributed by atoms with Gasteiger partial charge in [0.15, 0.2) is 0 Å². The normalized spacial score (nSPS) is 16.2. The van der Waals surface area contributed by atoms with E-state index in [1.54, 1.807) is 24.3 Å². The number of amides is 1. The molecule has 0 unspecified atom stereocenters. The fourth-order valence-corrected chi connectivity index (χ4v) is 7.70. The maximum Gasteiger partial charge on any atom is 0.471 e. The number of benzene rings is 2. The van der Waals surface area contributed by atoms with Crippen molar-refractivity contribution in [1.82, 2.24) is 30.2 Å². The van der Waals surface area contributed by atoms with Crippen LogP contribution in [0, 0.1) is 0 Å². The molecule has 2 aliphatic rings. The molecule has 266 valence electrons. The van der Waals surface area contributed by atoms with E-state index in [9.17, 15) is 34.8 Å². The Hall–Kier alpha value is -4.68. The van der Waals surface area contributed by atoms with Crippen molar-refractivity contribution in [1.29, 1.82) is 0 Å². The number of anilines is 2. The van der Waals surface area contributed by atoms with Crippen LogP contribution in [0.5, 0.6) is 0 Å². The van der Waals surface area contributed by atoms with Gasteiger partial charge in [-0.1, -0.05) is 24.3 Å². The van der Waals surface area contributed by atoms with Crippen LogP contribution in [-0.2, 0) is 24.8 Å². The SMILES string of the molecule is O=C(N1CCC(c2ccc(S(=O)(=O)Nc3ccncn3)cc2)CC1)C(F)(F)F.O=S(=O)(Nc1ccncn1)c1ccc(C2CCNCC2)cc1. The fourth-order valence-electron chi connectivity index (χ4n) is 5.68. The van der Waals surface area contributed by atoms with E-state index < -0.39 is 32.1 Å². The molecule has 0 saturated carbocycles. The van der Waals surface area contributed by atoms with Gasteiger partial charge in [-0.25, -0.2) is 36.8 Å². The fraction of sp³-hybridized carbons (Fsp3) is 0.344. The van der Waals surface area contributed by atoms with E-state index in [0.29, 0.717) is 18.8 Å². The summed E-state index contributed by atoms with van der Waals surface area (Å²) in [5, 5.41) is 3.33. The minimum absolute atomic E-state index is 0.0122. The number of carbonyl (C=O) groups is 1. The van der Waals surface area contributed by atoms with Gasteiger partial charge >= 0.3 is 12.1 Å². The number of aromatic nitrogens is 4. The average Bonchev–Trinajstić information content (AvgIpc) is 3.12. The van der Waals surface area contributed by atoms with Gasteiger partial charge in [0.1, 0.15) is 24.3 Å². The van der Waals surface area contributed by atoms with Gasteiger partial charge in [0.2, 0.25) is 0 Å². The van der Waals surface area contributed by atoms with Crippen molar-refractivity contribution in [3.63, 3.8) is 0 Å². The molecule has 50 heavy (non-hydrogen) atoms. The maximum atomic E-state index is 12.5. The number of hydrogen-bond acceptors (Lipinski definition) is 10. The second kappa shape index (κ2) is 15.9. The van der Waals surface area contributed by atoms with Crippen LogP contribution in [0.3, 0.4) is 0 Å². The third-order valence-electron chi connectivity index (χ3n) is 8.33. The maximum absolute atomic E-state index is 12.5. The Morgan fingerprint density at radius 1 is 0.680 bits per heavy atom. The topological polar surface area (TPSA) is 176 Å². The quantitative estimate of drug-likeness (QED) is 0.237. The Morgan fingerprint density at radius 3 is 1.48 bits per heavy atom. The first-order valence-electron chi connectivity index (χ1n) is 15.7. The van der Waals surface area contributed by atoms with Gasteiger partial charge in [-0.2, -0.15) is 13.2 Å². The predicted molar refractivity (Wildman–Crippen MR) is 178 cm³/mol. The molecule has 3 N–H and O–H groups in total. The molecule has 2 saturated heterocycles. The molecule has 2 aromatic carbocycles. The number of hydrogen-bond donors (Lipinski definition) is 3. The van der Waals surface area contributed by atoms with Gasteiger partial charge in [0.05, 0.1) is 9.79 Å². The van der Waals surface area contributed by atoms with Crippen LogP contribution in [0.25, 0.3) is 0 Å². The van der Waals surface area contributed by atoms with Crippen molar-refractivity contribution in [2.45, 2.75) is 53.5 Å². The Bertz CT molecular complexity index is 1920. The van der Waals surface area contributed by atoms with Crippen LogP contribution in [0.15, 0.2) is 95.5 Å². The van der Waals surface area contributed by atoms with Gasteiger partial charge in [-0.3, -0.25) is 14.2 Å². The Kier molecular flexibility index (Phi) is 11.6. The molecule has 4 heterocycles. The van der Waals surface area contributed by atoms with E-state index in [2.05, 4.69) is 34.7 Å². The molecule has 0 atom stereocenters.